The molecule has 2 aromatic rings. The average molecular weight is 206 g/mol. The number of carbonyl (C=O) groups is 1. The maximum absolute atomic E-state index is 10.6. The van der Waals surface area contributed by atoms with E-state index in [0.717, 1.165) is 0 Å². The van der Waals surface area contributed by atoms with Crippen LogP contribution in [0.5, 0.6) is 11.5 Å². The highest BCUT2D eigenvalue weighted by Crippen LogP contribution is 2.29. The molecule has 1 aromatic carbocycles. The number of rotatable bonds is 3. The number of ether oxygens (including phenoxy) is 2. The van der Waals surface area contributed by atoms with Crippen LogP contribution in [0.2, 0.25) is 0 Å². The number of aldehydes is 1. The summed E-state index contributed by atoms with van der Waals surface area (Å²) in [6.45, 7) is 0. The van der Waals surface area contributed by atoms with E-state index in [4.69, 9.17) is 9.47 Å². The molecule has 15 heavy (non-hydrogen) atoms. The first-order valence-corrected chi connectivity index (χ1v) is 4.35. The van der Waals surface area contributed by atoms with Crippen molar-refractivity contribution in [2.45, 2.75) is 0 Å². The lowest BCUT2D eigenvalue weighted by atomic mass is 10.3. The topological polar surface area (TPSA) is 64.2 Å². The average Bonchev–Trinajstić information content (AvgIpc) is 2.70. The van der Waals surface area contributed by atoms with E-state index in [1.165, 1.54) is 0 Å². The molecule has 0 radical (unpaired) electrons. The standard InChI is InChI=1S/C10H10N2O3/c1-14-6-3-7-10(8(4-6)15-2)12-9(5-13)11-7/h3-5H,1-2H3,(H,11,12). The van der Waals surface area contributed by atoms with Gasteiger partial charge in [0.2, 0.25) is 0 Å². The van der Waals surface area contributed by atoms with Crippen molar-refractivity contribution in [1.82, 2.24) is 9.97 Å². The van der Waals surface area contributed by atoms with Gasteiger partial charge in [-0.2, -0.15) is 0 Å². The molecule has 0 atom stereocenters. The van der Waals surface area contributed by atoms with Gasteiger partial charge >= 0.3 is 0 Å². The molecule has 0 aliphatic rings. The van der Waals surface area contributed by atoms with Crippen molar-refractivity contribution in [2.75, 3.05) is 14.2 Å². The number of imidazole rings is 1. The van der Waals surface area contributed by atoms with Crippen LogP contribution >= 0.6 is 0 Å². The van der Waals surface area contributed by atoms with E-state index in [0.29, 0.717) is 28.8 Å². The van der Waals surface area contributed by atoms with Crippen molar-refractivity contribution in [1.29, 1.82) is 0 Å². The van der Waals surface area contributed by atoms with E-state index < -0.39 is 0 Å². The molecular weight excluding hydrogens is 196 g/mol. The highest BCUT2D eigenvalue weighted by Gasteiger charge is 2.09. The van der Waals surface area contributed by atoms with Gasteiger partial charge in [-0.25, -0.2) is 4.98 Å². The quantitative estimate of drug-likeness (QED) is 0.771. The van der Waals surface area contributed by atoms with Crippen LogP contribution in [-0.4, -0.2) is 30.5 Å². The van der Waals surface area contributed by atoms with Gasteiger partial charge in [-0.05, 0) is 0 Å². The second-order valence-corrected chi connectivity index (χ2v) is 2.97. The van der Waals surface area contributed by atoms with Crippen molar-refractivity contribution in [3.8, 4) is 11.5 Å². The first-order valence-electron chi connectivity index (χ1n) is 4.35. The Morgan fingerprint density at radius 2 is 2.13 bits per heavy atom. The zero-order valence-corrected chi connectivity index (χ0v) is 8.40. The lowest BCUT2D eigenvalue weighted by molar-refractivity contribution is 0.111. The summed E-state index contributed by atoms with van der Waals surface area (Å²) < 4.78 is 10.2. The van der Waals surface area contributed by atoms with Crippen LogP contribution in [0.4, 0.5) is 0 Å². The van der Waals surface area contributed by atoms with E-state index in [2.05, 4.69) is 9.97 Å². The van der Waals surface area contributed by atoms with E-state index in [1.807, 2.05) is 0 Å². The molecule has 1 aromatic heterocycles. The molecule has 5 heteroatoms. The van der Waals surface area contributed by atoms with E-state index in [1.54, 1.807) is 26.4 Å². The van der Waals surface area contributed by atoms with Gasteiger partial charge in [-0.1, -0.05) is 0 Å². The summed E-state index contributed by atoms with van der Waals surface area (Å²) in [6.07, 6.45) is 0.659. The van der Waals surface area contributed by atoms with Gasteiger partial charge in [-0.15, -0.1) is 0 Å². The van der Waals surface area contributed by atoms with Gasteiger partial charge in [0.05, 0.1) is 19.7 Å². The normalized spacial score (nSPS) is 10.3. The Balaban J connectivity index is 2.71. The third kappa shape index (κ3) is 1.52. The smallest absolute Gasteiger partial charge is 0.185 e. The van der Waals surface area contributed by atoms with Gasteiger partial charge in [0.25, 0.3) is 0 Å². The highest BCUT2D eigenvalue weighted by molar-refractivity contribution is 5.87. The summed E-state index contributed by atoms with van der Waals surface area (Å²) in [6, 6.07) is 3.48. The fraction of sp³-hybridized carbons (Fsp3) is 0.200. The zero-order valence-electron chi connectivity index (χ0n) is 8.40. The summed E-state index contributed by atoms with van der Waals surface area (Å²) in [5.41, 5.74) is 1.34. The Kier molecular flexibility index (Phi) is 2.29. The summed E-state index contributed by atoms with van der Waals surface area (Å²) in [7, 11) is 3.11. The number of hydrogen-bond donors (Lipinski definition) is 1. The van der Waals surface area contributed by atoms with Crippen molar-refractivity contribution >= 4 is 17.3 Å². The van der Waals surface area contributed by atoms with Crippen molar-refractivity contribution in [2.24, 2.45) is 0 Å². The molecule has 2 rings (SSSR count). The van der Waals surface area contributed by atoms with Crippen molar-refractivity contribution in [3.05, 3.63) is 18.0 Å². The number of nitrogens with zero attached hydrogens (tertiary/aromatic N) is 1. The molecule has 0 saturated carbocycles. The predicted octanol–water partition coefficient (Wildman–Crippen LogP) is 1.39. The van der Waals surface area contributed by atoms with Crippen LogP contribution in [0.1, 0.15) is 10.6 Å². The summed E-state index contributed by atoms with van der Waals surface area (Å²) >= 11 is 0. The van der Waals surface area contributed by atoms with Gasteiger partial charge < -0.3 is 14.5 Å². The van der Waals surface area contributed by atoms with Crippen molar-refractivity contribution < 1.29 is 14.3 Å². The minimum absolute atomic E-state index is 0.275. The van der Waals surface area contributed by atoms with Crippen LogP contribution < -0.4 is 9.47 Å². The molecule has 0 aliphatic heterocycles. The molecule has 0 unspecified atom stereocenters. The summed E-state index contributed by atoms with van der Waals surface area (Å²) in [5.74, 6) is 1.51. The molecule has 0 amide bonds. The first-order chi connectivity index (χ1) is 7.28. The Bertz CT molecular complexity index is 505. The number of methoxy groups -OCH3 is 2. The molecule has 0 bridgehead atoms. The largest absolute Gasteiger partial charge is 0.497 e. The van der Waals surface area contributed by atoms with Crippen LogP contribution in [0.25, 0.3) is 11.0 Å². The van der Waals surface area contributed by atoms with Crippen molar-refractivity contribution in [3.63, 3.8) is 0 Å². The molecule has 0 saturated heterocycles. The fourth-order valence-corrected chi connectivity index (χ4v) is 1.41. The van der Waals surface area contributed by atoms with Crippen LogP contribution in [0.3, 0.4) is 0 Å². The number of carbonyl (C=O) groups excluding carboxylic acids is 1. The third-order valence-electron chi connectivity index (χ3n) is 2.11. The number of aromatic nitrogens is 2. The monoisotopic (exact) mass is 206 g/mol. The van der Waals surface area contributed by atoms with E-state index in [-0.39, 0.29) is 5.82 Å². The lowest BCUT2D eigenvalue weighted by Gasteiger charge is -2.03. The zero-order chi connectivity index (χ0) is 10.8. The minimum Gasteiger partial charge on any atom is -0.497 e. The maximum atomic E-state index is 10.6. The van der Waals surface area contributed by atoms with Gasteiger partial charge in [0.1, 0.15) is 17.0 Å². The highest BCUT2D eigenvalue weighted by atomic mass is 16.5. The van der Waals surface area contributed by atoms with Gasteiger partial charge in [-0.3, -0.25) is 4.79 Å². The Hall–Kier alpha value is -2.04. The van der Waals surface area contributed by atoms with Crippen LogP contribution in [-0.2, 0) is 0 Å². The van der Waals surface area contributed by atoms with Gasteiger partial charge in [0, 0.05) is 12.1 Å². The fourth-order valence-electron chi connectivity index (χ4n) is 1.41. The molecule has 78 valence electrons. The summed E-state index contributed by atoms with van der Waals surface area (Å²) in [4.78, 5) is 17.5. The van der Waals surface area contributed by atoms with E-state index >= 15 is 0 Å². The molecule has 0 spiro atoms. The second-order valence-electron chi connectivity index (χ2n) is 2.97. The maximum Gasteiger partial charge on any atom is 0.185 e. The molecule has 1 N–H and O–H groups in total. The number of fused-ring (bicyclic) bond motifs is 1. The third-order valence-corrected chi connectivity index (χ3v) is 2.11. The number of aromatic amines is 1. The lowest BCUT2D eigenvalue weighted by Crippen LogP contribution is -1.88. The SMILES string of the molecule is COc1cc(OC)c2nc(C=O)[nH]c2c1. The summed E-state index contributed by atoms with van der Waals surface area (Å²) in [5, 5.41) is 0. The Morgan fingerprint density at radius 1 is 1.33 bits per heavy atom. The number of hydrogen-bond acceptors (Lipinski definition) is 4. The molecular formula is C10H10N2O3. The molecule has 0 fully saturated rings. The van der Waals surface area contributed by atoms with Crippen LogP contribution in [0.15, 0.2) is 12.1 Å². The number of benzene rings is 1. The van der Waals surface area contributed by atoms with Crippen LogP contribution in [0, 0.1) is 0 Å². The minimum atomic E-state index is 0.275. The molecule has 0 aliphatic carbocycles. The first kappa shape index (κ1) is 9.51. The number of nitrogens with one attached hydrogen (secondary N) is 1. The van der Waals surface area contributed by atoms with Gasteiger partial charge in [0.15, 0.2) is 12.1 Å². The van der Waals surface area contributed by atoms with E-state index in [9.17, 15) is 4.79 Å². The second kappa shape index (κ2) is 3.61. The Labute approximate surface area is 86.0 Å². The molecule has 5 nitrogen and oxygen atoms in total. The predicted molar refractivity (Wildman–Crippen MR) is 54.6 cm³/mol. The Morgan fingerprint density at radius 3 is 2.73 bits per heavy atom. The number of H-pyrrole nitrogens is 1. The molecule has 1 heterocycles.